The largest absolute Gasteiger partial charge is 0.573 e. The summed E-state index contributed by atoms with van der Waals surface area (Å²) in [5, 5.41) is 9.97. The number of benzene rings is 2. The van der Waals surface area contributed by atoms with Crippen LogP contribution in [0.5, 0.6) is 5.75 Å². The Kier molecular flexibility index (Phi) is 4.21. The highest BCUT2D eigenvalue weighted by atomic mass is 19.4. The molecule has 1 aromatic heterocycles. The van der Waals surface area contributed by atoms with Crippen molar-refractivity contribution in [2.75, 3.05) is 0 Å². The van der Waals surface area contributed by atoms with Gasteiger partial charge in [-0.1, -0.05) is 25.1 Å². The molecule has 0 bridgehead atoms. The van der Waals surface area contributed by atoms with Crippen LogP contribution in [0, 0.1) is 23.5 Å². The van der Waals surface area contributed by atoms with Crippen LogP contribution in [0.4, 0.5) is 13.2 Å². The number of hydrogen-bond donors (Lipinski definition) is 0. The lowest BCUT2D eigenvalue weighted by Crippen LogP contribution is -2.16. The van der Waals surface area contributed by atoms with Crippen LogP contribution in [0.15, 0.2) is 36.5 Å². The van der Waals surface area contributed by atoms with Crippen molar-refractivity contribution >= 4 is 10.9 Å². The van der Waals surface area contributed by atoms with Crippen LogP contribution in [0.3, 0.4) is 0 Å². The van der Waals surface area contributed by atoms with Crippen LogP contribution < -0.4 is 4.74 Å². The molecule has 0 aliphatic rings. The fourth-order valence-electron chi connectivity index (χ4n) is 2.65. The summed E-state index contributed by atoms with van der Waals surface area (Å²) in [6.45, 7) is 1.92. The molecular formula is C19H11F3N2O. The molecule has 3 aromatic rings. The summed E-state index contributed by atoms with van der Waals surface area (Å²) in [6.07, 6.45) is -2.66. The lowest BCUT2D eigenvalue weighted by molar-refractivity contribution is -0.274. The number of halogens is 3. The summed E-state index contributed by atoms with van der Waals surface area (Å²) in [4.78, 5) is 4.27. The van der Waals surface area contributed by atoms with E-state index >= 15 is 0 Å². The highest BCUT2D eigenvalue weighted by Gasteiger charge is 2.31. The number of nitrogens with zero attached hydrogens (tertiary/aromatic N) is 2. The molecule has 0 atom stereocenters. The third kappa shape index (κ3) is 3.34. The third-order valence-electron chi connectivity index (χ3n) is 3.73. The quantitative estimate of drug-likeness (QED) is 0.686. The van der Waals surface area contributed by atoms with Gasteiger partial charge in [0.1, 0.15) is 11.8 Å². The molecule has 3 rings (SSSR count). The number of alkyl halides is 3. The minimum atomic E-state index is -4.73. The standard InChI is InChI=1S/C19H11F3N2O/c1-2-12-10-16(18-15(17(12)11-23)4-3-9-24-18)13-5-7-14(8-6-13)25-19(20,21)22/h5-10H,2H2,1H3. The van der Waals surface area contributed by atoms with Gasteiger partial charge in [0.25, 0.3) is 0 Å². The first-order chi connectivity index (χ1) is 11.9. The molecule has 1 heterocycles. The van der Waals surface area contributed by atoms with Crippen molar-refractivity contribution in [2.24, 2.45) is 0 Å². The van der Waals surface area contributed by atoms with E-state index in [4.69, 9.17) is 0 Å². The molecule has 0 amide bonds. The molecule has 124 valence electrons. The minimum absolute atomic E-state index is 0.294. The monoisotopic (exact) mass is 340 g/mol. The zero-order valence-corrected chi connectivity index (χ0v) is 13.1. The molecule has 0 fully saturated rings. The van der Waals surface area contributed by atoms with E-state index in [9.17, 15) is 18.4 Å². The molecule has 2 aromatic carbocycles. The highest BCUT2D eigenvalue weighted by molar-refractivity contribution is 5.97. The van der Waals surface area contributed by atoms with Crippen molar-refractivity contribution in [2.45, 2.75) is 19.7 Å². The normalized spacial score (nSPS) is 11.0. The summed E-state index contributed by atoms with van der Waals surface area (Å²) in [7, 11) is 0. The topological polar surface area (TPSA) is 45.9 Å². The average molecular weight is 340 g/mol. The predicted molar refractivity (Wildman–Crippen MR) is 85.6 cm³/mol. The lowest BCUT2D eigenvalue weighted by atomic mass is 9.94. The van der Waals surface area contributed by atoms with E-state index in [-0.39, 0.29) is 5.75 Å². The Bertz CT molecular complexity index is 957. The summed E-state index contributed by atoms with van der Waals surface area (Å²) in [5.74, 6) is -0.294. The van der Waals surface area contributed by atoms with Gasteiger partial charge in [-0.05, 0) is 41.8 Å². The molecule has 0 N–H and O–H groups in total. The van der Waals surface area contributed by atoms with Crippen LogP contribution in [-0.4, -0.2) is 11.3 Å². The van der Waals surface area contributed by atoms with Gasteiger partial charge in [-0.3, -0.25) is 0 Å². The molecule has 0 aliphatic heterocycles. The molecule has 0 spiro atoms. The van der Waals surface area contributed by atoms with E-state index in [2.05, 4.69) is 27.9 Å². The molecule has 0 radical (unpaired) electrons. The Hall–Kier alpha value is -3.25. The fourth-order valence-corrected chi connectivity index (χ4v) is 2.65. The van der Waals surface area contributed by atoms with Crippen molar-refractivity contribution < 1.29 is 17.9 Å². The van der Waals surface area contributed by atoms with E-state index in [0.29, 0.717) is 28.5 Å². The molecule has 0 saturated heterocycles. The molecule has 0 aliphatic carbocycles. The van der Waals surface area contributed by atoms with E-state index in [1.807, 2.05) is 13.0 Å². The number of aromatic nitrogens is 1. The van der Waals surface area contributed by atoms with Gasteiger partial charge in [0, 0.05) is 5.56 Å². The first kappa shape index (κ1) is 16.6. The van der Waals surface area contributed by atoms with E-state index in [1.165, 1.54) is 30.5 Å². The second kappa shape index (κ2) is 6.33. The van der Waals surface area contributed by atoms with Crippen LogP contribution in [-0.2, 0) is 6.42 Å². The molecule has 0 saturated carbocycles. The minimum Gasteiger partial charge on any atom is -0.406 e. The number of ether oxygens (including phenoxy) is 1. The highest BCUT2D eigenvalue weighted by Crippen LogP contribution is 2.33. The van der Waals surface area contributed by atoms with Gasteiger partial charge < -0.3 is 4.74 Å². The Morgan fingerprint density at radius 2 is 1.96 bits per heavy atom. The van der Waals surface area contributed by atoms with Gasteiger partial charge in [-0.2, -0.15) is 5.26 Å². The summed E-state index contributed by atoms with van der Waals surface area (Å²) in [5.41, 5.74) is 3.25. The molecule has 6 heteroatoms. The molecular weight excluding hydrogens is 329 g/mol. The van der Waals surface area contributed by atoms with Gasteiger partial charge in [0.05, 0.1) is 22.7 Å². The van der Waals surface area contributed by atoms with E-state index in [0.717, 1.165) is 11.1 Å². The van der Waals surface area contributed by atoms with Crippen molar-refractivity contribution in [1.82, 2.24) is 4.98 Å². The van der Waals surface area contributed by atoms with Crippen LogP contribution in [0.25, 0.3) is 22.0 Å². The fraction of sp³-hybridized carbons (Fsp3) is 0.158. The third-order valence-corrected chi connectivity index (χ3v) is 3.73. The van der Waals surface area contributed by atoms with Crippen LogP contribution in [0.2, 0.25) is 0 Å². The SMILES string of the molecule is CCc1cc(-c2ccc(OC(F)(F)F)cc2)c2ncc#cc2c1C#N. The predicted octanol–water partition coefficient (Wildman–Crippen LogP) is 4.83. The second-order valence-corrected chi connectivity index (χ2v) is 5.25. The van der Waals surface area contributed by atoms with Gasteiger partial charge >= 0.3 is 6.36 Å². The maximum Gasteiger partial charge on any atom is 0.573 e. The Morgan fingerprint density at radius 1 is 1.24 bits per heavy atom. The Labute approximate surface area is 142 Å². The second-order valence-electron chi connectivity index (χ2n) is 5.25. The zero-order chi connectivity index (χ0) is 18.0. The molecule has 3 nitrogen and oxygen atoms in total. The zero-order valence-electron chi connectivity index (χ0n) is 13.1. The van der Waals surface area contributed by atoms with Crippen molar-refractivity contribution in [3.8, 4) is 22.9 Å². The van der Waals surface area contributed by atoms with Gasteiger partial charge in [0.2, 0.25) is 0 Å². The van der Waals surface area contributed by atoms with Crippen molar-refractivity contribution in [3.63, 3.8) is 0 Å². The summed E-state index contributed by atoms with van der Waals surface area (Å²) in [6, 6.07) is 15.2. The first-order valence-corrected chi connectivity index (χ1v) is 7.43. The van der Waals surface area contributed by atoms with Gasteiger partial charge in [-0.15, -0.1) is 13.2 Å². The lowest BCUT2D eigenvalue weighted by Gasteiger charge is -2.12. The van der Waals surface area contributed by atoms with Gasteiger partial charge in [-0.25, -0.2) is 4.98 Å². The van der Waals surface area contributed by atoms with Crippen molar-refractivity contribution in [3.05, 3.63) is 59.8 Å². The Balaban J connectivity index is 2.14. The maximum atomic E-state index is 12.3. The number of hydrogen-bond acceptors (Lipinski definition) is 3. The van der Waals surface area contributed by atoms with E-state index < -0.39 is 6.36 Å². The van der Waals surface area contributed by atoms with Gasteiger partial charge in [0.15, 0.2) is 0 Å². The average Bonchev–Trinajstić information content (AvgIpc) is 2.59. The maximum absolute atomic E-state index is 12.3. The number of rotatable bonds is 3. The summed E-state index contributed by atoms with van der Waals surface area (Å²) >= 11 is 0. The summed E-state index contributed by atoms with van der Waals surface area (Å²) < 4.78 is 40.7. The number of fused-ring (bicyclic) bond motifs is 1. The first-order valence-electron chi connectivity index (χ1n) is 7.43. The number of aryl methyl sites for hydroxylation is 1. The van der Waals surface area contributed by atoms with E-state index in [1.54, 1.807) is 0 Å². The van der Waals surface area contributed by atoms with Crippen molar-refractivity contribution in [1.29, 1.82) is 5.26 Å². The molecule has 25 heavy (non-hydrogen) atoms. The Morgan fingerprint density at radius 3 is 2.56 bits per heavy atom. The number of nitriles is 1. The smallest absolute Gasteiger partial charge is 0.406 e. The molecule has 0 unspecified atom stereocenters. The van der Waals surface area contributed by atoms with Crippen LogP contribution >= 0.6 is 0 Å². The van der Waals surface area contributed by atoms with Crippen LogP contribution in [0.1, 0.15) is 18.1 Å².